The van der Waals surface area contributed by atoms with Gasteiger partial charge in [-0.2, -0.15) is 0 Å². The summed E-state index contributed by atoms with van der Waals surface area (Å²) in [6.45, 7) is 2.03. The molecule has 0 heterocycles. The third-order valence-electron chi connectivity index (χ3n) is 4.97. The molecule has 0 radical (unpaired) electrons. The number of benzene rings is 2. The van der Waals surface area contributed by atoms with Crippen molar-refractivity contribution in [1.29, 1.82) is 0 Å². The fourth-order valence-corrected chi connectivity index (χ4v) is 4.11. The Balaban J connectivity index is 2.06. The summed E-state index contributed by atoms with van der Waals surface area (Å²) in [4.78, 5) is 23.1. The van der Waals surface area contributed by atoms with E-state index < -0.39 is 12.1 Å². The molecule has 2 aromatic carbocycles. The van der Waals surface area contributed by atoms with Gasteiger partial charge in [-0.3, -0.25) is 0 Å². The van der Waals surface area contributed by atoms with E-state index in [1.165, 1.54) is 6.08 Å². The summed E-state index contributed by atoms with van der Waals surface area (Å²) < 4.78 is 4.95. The average Bonchev–Trinajstić information content (AvgIpc) is 2.68. The number of carboxylic acid groups (broad SMARTS) is 1. The standard InChI is InChI=1S/C22H21Cl2NO4/c1-2-29-20(26)11-7-13-4-3-5-16-15(14-6-9-17(23)18(24)12-14)8-10-19(21(13)16)25-22(27)28/h3-7,9,11-12,15,19,25H,2,8,10H2,1H3,(H,27,28)/b11-7+. The number of carbonyl (C=O) groups excluding carboxylic acids is 1. The normalized spacial score (nSPS) is 18.3. The van der Waals surface area contributed by atoms with Crippen LogP contribution in [-0.4, -0.2) is 23.8 Å². The number of amides is 1. The summed E-state index contributed by atoms with van der Waals surface area (Å²) >= 11 is 12.3. The van der Waals surface area contributed by atoms with Gasteiger partial charge >= 0.3 is 12.1 Å². The van der Waals surface area contributed by atoms with Gasteiger partial charge in [-0.25, -0.2) is 9.59 Å². The van der Waals surface area contributed by atoms with E-state index in [4.69, 9.17) is 27.9 Å². The molecule has 1 amide bonds. The zero-order chi connectivity index (χ0) is 21.0. The number of carbonyl (C=O) groups is 2. The smallest absolute Gasteiger partial charge is 0.405 e. The molecule has 1 aliphatic rings. The van der Waals surface area contributed by atoms with E-state index in [1.807, 2.05) is 30.3 Å². The number of esters is 1. The molecule has 0 fully saturated rings. The van der Waals surface area contributed by atoms with E-state index in [1.54, 1.807) is 19.1 Å². The van der Waals surface area contributed by atoms with Crippen LogP contribution >= 0.6 is 23.2 Å². The summed E-state index contributed by atoms with van der Waals surface area (Å²) in [5, 5.41) is 12.9. The van der Waals surface area contributed by atoms with Crippen LogP contribution in [0.2, 0.25) is 10.0 Å². The van der Waals surface area contributed by atoms with Gasteiger partial charge in [0.15, 0.2) is 0 Å². The van der Waals surface area contributed by atoms with E-state index in [0.717, 1.165) is 28.7 Å². The van der Waals surface area contributed by atoms with Crippen LogP contribution < -0.4 is 5.32 Å². The number of hydrogen-bond donors (Lipinski definition) is 2. The molecule has 2 N–H and O–H groups in total. The second-order valence-corrected chi connectivity index (χ2v) is 7.56. The second-order valence-electron chi connectivity index (χ2n) is 6.74. The monoisotopic (exact) mass is 433 g/mol. The summed E-state index contributed by atoms with van der Waals surface area (Å²) in [5.41, 5.74) is 3.65. The molecular weight excluding hydrogens is 413 g/mol. The Morgan fingerprint density at radius 2 is 2.00 bits per heavy atom. The number of rotatable bonds is 5. The van der Waals surface area contributed by atoms with Gasteiger partial charge in [0.25, 0.3) is 0 Å². The molecule has 1 aliphatic carbocycles. The number of hydrogen-bond acceptors (Lipinski definition) is 3. The van der Waals surface area contributed by atoms with Crippen molar-refractivity contribution < 1.29 is 19.4 Å². The van der Waals surface area contributed by atoms with Crippen LogP contribution in [0, 0.1) is 0 Å². The van der Waals surface area contributed by atoms with Crippen molar-refractivity contribution in [1.82, 2.24) is 5.32 Å². The molecule has 0 spiro atoms. The summed E-state index contributed by atoms with van der Waals surface area (Å²) in [5.74, 6) is -0.396. The molecule has 7 heteroatoms. The van der Waals surface area contributed by atoms with Gasteiger partial charge in [0.05, 0.1) is 22.7 Å². The first kappa shape index (κ1) is 21.2. The molecule has 0 saturated heterocycles. The third-order valence-corrected chi connectivity index (χ3v) is 5.71. The highest BCUT2D eigenvalue weighted by Crippen LogP contribution is 2.44. The van der Waals surface area contributed by atoms with Crippen LogP contribution in [0.5, 0.6) is 0 Å². The molecule has 29 heavy (non-hydrogen) atoms. The summed E-state index contributed by atoms with van der Waals surface area (Å²) in [7, 11) is 0. The molecule has 5 nitrogen and oxygen atoms in total. The van der Waals surface area contributed by atoms with Gasteiger partial charge in [0.1, 0.15) is 0 Å². The molecule has 0 saturated carbocycles. The van der Waals surface area contributed by atoms with Crippen LogP contribution in [0.15, 0.2) is 42.5 Å². The molecule has 3 rings (SSSR count). The van der Waals surface area contributed by atoms with Gasteiger partial charge in [-0.1, -0.05) is 47.5 Å². The minimum Gasteiger partial charge on any atom is -0.465 e. The first-order valence-electron chi connectivity index (χ1n) is 9.32. The largest absolute Gasteiger partial charge is 0.465 e. The lowest BCUT2D eigenvalue weighted by Crippen LogP contribution is -2.31. The molecule has 152 valence electrons. The van der Waals surface area contributed by atoms with Crippen molar-refractivity contribution in [2.75, 3.05) is 6.61 Å². The Kier molecular flexibility index (Phi) is 6.83. The van der Waals surface area contributed by atoms with E-state index in [-0.39, 0.29) is 12.0 Å². The van der Waals surface area contributed by atoms with Gasteiger partial charge in [0.2, 0.25) is 0 Å². The van der Waals surface area contributed by atoms with Crippen molar-refractivity contribution in [3.05, 3.63) is 74.8 Å². The van der Waals surface area contributed by atoms with E-state index in [2.05, 4.69) is 5.32 Å². The highest BCUT2D eigenvalue weighted by Gasteiger charge is 2.31. The zero-order valence-electron chi connectivity index (χ0n) is 15.8. The molecule has 0 aliphatic heterocycles. The predicted octanol–water partition coefficient (Wildman–Crippen LogP) is 5.80. The van der Waals surface area contributed by atoms with Crippen molar-refractivity contribution in [2.24, 2.45) is 0 Å². The maximum absolute atomic E-state index is 11.8. The van der Waals surface area contributed by atoms with Crippen molar-refractivity contribution in [3.8, 4) is 0 Å². The predicted molar refractivity (Wildman–Crippen MR) is 114 cm³/mol. The van der Waals surface area contributed by atoms with Crippen LogP contribution in [0.3, 0.4) is 0 Å². The molecule has 2 unspecified atom stereocenters. The lowest BCUT2D eigenvalue weighted by Gasteiger charge is -2.33. The summed E-state index contributed by atoms with van der Waals surface area (Å²) in [6, 6.07) is 10.9. The van der Waals surface area contributed by atoms with Crippen molar-refractivity contribution in [3.63, 3.8) is 0 Å². The Bertz CT molecular complexity index is 958. The van der Waals surface area contributed by atoms with Crippen LogP contribution in [-0.2, 0) is 9.53 Å². The fraction of sp³-hybridized carbons (Fsp3) is 0.273. The highest BCUT2D eigenvalue weighted by molar-refractivity contribution is 6.42. The number of nitrogens with one attached hydrogen (secondary N) is 1. The minimum absolute atomic E-state index is 0.0440. The second kappa shape index (κ2) is 9.33. The lowest BCUT2D eigenvalue weighted by atomic mass is 9.75. The number of ether oxygens (including phenoxy) is 1. The van der Waals surface area contributed by atoms with Crippen LogP contribution in [0.25, 0.3) is 6.08 Å². The molecule has 0 aromatic heterocycles. The van der Waals surface area contributed by atoms with Gasteiger partial charge in [0, 0.05) is 12.0 Å². The first-order chi connectivity index (χ1) is 13.9. The topological polar surface area (TPSA) is 75.6 Å². The van der Waals surface area contributed by atoms with E-state index in [0.29, 0.717) is 23.1 Å². The van der Waals surface area contributed by atoms with Gasteiger partial charge in [-0.15, -0.1) is 0 Å². The Labute approximate surface area is 179 Å². The minimum atomic E-state index is -1.09. The Hall–Kier alpha value is -2.50. The zero-order valence-corrected chi connectivity index (χ0v) is 17.3. The van der Waals surface area contributed by atoms with Gasteiger partial charge in [-0.05, 0) is 60.2 Å². The van der Waals surface area contributed by atoms with Gasteiger partial charge < -0.3 is 15.2 Å². The van der Waals surface area contributed by atoms with Crippen molar-refractivity contribution >= 4 is 41.3 Å². The third kappa shape index (κ3) is 4.92. The molecule has 2 aromatic rings. The Morgan fingerprint density at radius 1 is 1.21 bits per heavy atom. The molecule has 0 bridgehead atoms. The number of halogens is 2. The number of fused-ring (bicyclic) bond motifs is 1. The first-order valence-corrected chi connectivity index (χ1v) is 10.1. The van der Waals surface area contributed by atoms with Crippen LogP contribution in [0.4, 0.5) is 4.79 Å². The molecule has 2 atom stereocenters. The van der Waals surface area contributed by atoms with E-state index >= 15 is 0 Å². The Morgan fingerprint density at radius 3 is 2.69 bits per heavy atom. The maximum atomic E-state index is 11.8. The maximum Gasteiger partial charge on any atom is 0.405 e. The van der Waals surface area contributed by atoms with Crippen molar-refractivity contribution in [2.45, 2.75) is 31.7 Å². The fourth-order valence-electron chi connectivity index (χ4n) is 3.80. The summed E-state index contributed by atoms with van der Waals surface area (Å²) in [6.07, 6.45) is 3.32. The van der Waals surface area contributed by atoms with E-state index in [9.17, 15) is 14.7 Å². The average molecular weight is 434 g/mol. The SMILES string of the molecule is CCOC(=O)/C=C/c1cccc2c1C(NC(=O)O)CCC2c1ccc(Cl)c(Cl)c1. The molecular formula is C22H21Cl2NO4. The quantitative estimate of drug-likeness (QED) is 0.461. The lowest BCUT2D eigenvalue weighted by molar-refractivity contribution is -0.137. The highest BCUT2D eigenvalue weighted by atomic mass is 35.5. The van der Waals surface area contributed by atoms with Crippen LogP contribution in [0.1, 0.15) is 54.0 Å².